The van der Waals surface area contributed by atoms with Crippen LogP contribution in [0.15, 0.2) is 16.6 Å². The zero-order valence-electron chi connectivity index (χ0n) is 9.38. The predicted molar refractivity (Wildman–Crippen MR) is 62.8 cm³/mol. The molecule has 1 heterocycles. The highest BCUT2D eigenvalue weighted by atomic mass is 79.9. The Kier molecular flexibility index (Phi) is 4.12. The van der Waals surface area contributed by atoms with Gasteiger partial charge >= 0.3 is 0 Å². The van der Waals surface area contributed by atoms with Crippen LogP contribution in [-0.4, -0.2) is 19.3 Å². The minimum atomic E-state index is -0.860. The largest absolute Gasteiger partial charge is 0.371 e. The van der Waals surface area contributed by atoms with Crippen molar-refractivity contribution in [3.63, 3.8) is 0 Å². The third-order valence-corrected chi connectivity index (χ3v) is 3.33. The van der Waals surface area contributed by atoms with E-state index in [0.29, 0.717) is 23.1 Å². The molecule has 2 atom stereocenters. The van der Waals surface area contributed by atoms with Gasteiger partial charge in [-0.05, 0) is 24.1 Å². The summed E-state index contributed by atoms with van der Waals surface area (Å²) >= 11 is 3.23. The summed E-state index contributed by atoms with van der Waals surface area (Å²) < 4.78 is 37.4. The predicted octanol–water partition coefficient (Wildman–Crippen LogP) is 3.59. The van der Waals surface area contributed by atoms with Crippen molar-refractivity contribution in [3.8, 4) is 0 Å². The second-order valence-corrected chi connectivity index (χ2v) is 4.83. The van der Waals surface area contributed by atoms with Crippen molar-refractivity contribution in [2.75, 3.05) is 13.2 Å². The molecule has 0 saturated carbocycles. The fraction of sp³-hybridized carbons (Fsp3) is 0.500. The van der Waals surface area contributed by atoms with Crippen molar-refractivity contribution in [1.82, 2.24) is 0 Å². The standard InChI is InChI=1S/C12H13BrF2O2/c1-2-12(17-6-7-5-16-7)8-3-10(14)11(15)4-9(8)13/h3-4,7,12H,2,5-6H2,1H3/t7?,12-/m1/s1. The molecule has 2 nitrogen and oxygen atoms in total. The highest BCUT2D eigenvalue weighted by Crippen LogP contribution is 2.31. The third kappa shape index (κ3) is 3.24. The lowest BCUT2D eigenvalue weighted by molar-refractivity contribution is 0.0387. The van der Waals surface area contributed by atoms with E-state index in [1.807, 2.05) is 6.92 Å². The van der Waals surface area contributed by atoms with Crippen molar-refractivity contribution >= 4 is 15.9 Å². The number of ether oxygens (including phenoxy) is 2. The van der Waals surface area contributed by atoms with Gasteiger partial charge in [0, 0.05) is 4.47 Å². The fourth-order valence-electron chi connectivity index (χ4n) is 1.60. The quantitative estimate of drug-likeness (QED) is 0.612. The van der Waals surface area contributed by atoms with Gasteiger partial charge in [0.15, 0.2) is 11.6 Å². The van der Waals surface area contributed by atoms with Crippen LogP contribution in [-0.2, 0) is 9.47 Å². The van der Waals surface area contributed by atoms with Crippen LogP contribution in [0.1, 0.15) is 25.0 Å². The molecular weight excluding hydrogens is 294 g/mol. The zero-order chi connectivity index (χ0) is 12.4. The number of epoxide rings is 1. The van der Waals surface area contributed by atoms with E-state index < -0.39 is 11.6 Å². The lowest BCUT2D eigenvalue weighted by Crippen LogP contribution is -2.09. The number of hydrogen-bond donors (Lipinski definition) is 0. The molecule has 0 N–H and O–H groups in total. The molecule has 0 bridgehead atoms. The van der Waals surface area contributed by atoms with Gasteiger partial charge in [-0.2, -0.15) is 0 Å². The van der Waals surface area contributed by atoms with Crippen LogP contribution < -0.4 is 0 Å². The van der Waals surface area contributed by atoms with Crippen molar-refractivity contribution < 1.29 is 18.3 Å². The summed E-state index contributed by atoms with van der Waals surface area (Å²) in [6.07, 6.45) is 0.605. The van der Waals surface area contributed by atoms with E-state index >= 15 is 0 Å². The molecule has 0 aromatic heterocycles. The molecule has 1 saturated heterocycles. The van der Waals surface area contributed by atoms with Crippen LogP contribution in [0.3, 0.4) is 0 Å². The molecule has 1 unspecified atom stereocenters. The Morgan fingerprint density at radius 2 is 2.12 bits per heavy atom. The Bertz CT molecular complexity index is 408. The Balaban J connectivity index is 2.13. The molecule has 1 aliphatic rings. The summed E-state index contributed by atoms with van der Waals surface area (Å²) in [5.41, 5.74) is 0.632. The zero-order valence-corrected chi connectivity index (χ0v) is 11.0. The molecular formula is C12H13BrF2O2. The lowest BCUT2D eigenvalue weighted by Gasteiger charge is -2.17. The molecule has 5 heteroatoms. The van der Waals surface area contributed by atoms with Gasteiger partial charge in [0.25, 0.3) is 0 Å². The van der Waals surface area contributed by atoms with Crippen LogP contribution in [0, 0.1) is 11.6 Å². The first-order valence-electron chi connectivity index (χ1n) is 5.49. The average Bonchev–Trinajstić information content (AvgIpc) is 3.09. The first kappa shape index (κ1) is 12.9. The van der Waals surface area contributed by atoms with Gasteiger partial charge in [0.1, 0.15) is 6.10 Å². The third-order valence-electron chi connectivity index (χ3n) is 2.64. The monoisotopic (exact) mass is 306 g/mol. The van der Waals surface area contributed by atoms with E-state index in [2.05, 4.69) is 15.9 Å². The summed E-state index contributed by atoms with van der Waals surface area (Å²) in [7, 11) is 0. The van der Waals surface area contributed by atoms with E-state index in [1.54, 1.807) is 0 Å². The van der Waals surface area contributed by atoms with Crippen molar-refractivity contribution in [1.29, 1.82) is 0 Å². The number of rotatable bonds is 5. The van der Waals surface area contributed by atoms with Gasteiger partial charge in [0.05, 0.1) is 19.3 Å². The van der Waals surface area contributed by atoms with Crippen LogP contribution in [0.25, 0.3) is 0 Å². The molecule has 1 aromatic carbocycles. The second kappa shape index (κ2) is 5.42. The molecule has 1 fully saturated rings. The normalized spacial score (nSPS) is 20.4. The number of halogens is 3. The fourth-order valence-corrected chi connectivity index (χ4v) is 2.17. The average molecular weight is 307 g/mol. The maximum atomic E-state index is 13.2. The smallest absolute Gasteiger partial charge is 0.159 e. The first-order chi connectivity index (χ1) is 8.11. The van der Waals surface area contributed by atoms with Crippen LogP contribution in [0.4, 0.5) is 8.78 Å². The van der Waals surface area contributed by atoms with Gasteiger partial charge in [-0.1, -0.05) is 22.9 Å². The Hall–Kier alpha value is -0.520. The number of hydrogen-bond acceptors (Lipinski definition) is 2. The Morgan fingerprint density at radius 1 is 1.47 bits per heavy atom. The summed E-state index contributed by atoms with van der Waals surface area (Å²) in [4.78, 5) is 0. The van der Waals surface area contributed by atoms with Crippen molar-refractivity contribution in [3.05, 3.63) is 33.8 Å². The van der Waals surface area contributed by atoms with Crippen LogP contribution in [0.5, 0.6) is 0 Å². The maximum absolute atomic E-state index is 13.2. The number of benzene rings is 1. The summed E-state index contributed by atoms with van der Waals surface area (Å²) in [5.74, 6) is -1.71. The van der Waals surface area contributed by atoms with Gasteiger partial charge in [0.2, 0.25) is 0 Å². The summed E-state index contributed by atoms with van der Waals surface area (Å²) in [6, 6.07) is 2.31. The molecule has 1 aliphatic heterocycles. The molecule has 2 rings (SSSR count). The van der Waals surface area contributed by atoms with Crippen LogP contribution >= 0.6 is 15.9 Å². The van der Waals surface area contributed by atoms with Gasteiger partial charge in [-0.3, -0.25) is 0 Å². The van der Waals surface area contributed by atoms with Crippen LogP contribution in [0.2, 0.25) is 0 Å². The molecule has 0 aliphatic carbocycles. The highest BCUT2D eigenvalue weighted by Gasteiger charge is 2.25. The van der Waals surface area contributed by atoms with E-state index in [-0.39, 0.29) is 12.2 Å². The Morgan fingerprint density at radius 3 is 2.71 bits per heavy atom. The minimum Gasteiger partial charge on any atom is -0.371 e. The molecule has 0 amide bonds. The lowest BCUT2D eigenvalue weighted by atomic mass is 10.1. The minimum absolute atomic E-state index is 0.160. The Labute approximate surface area is 107 Å². The molecule has 17 heavy (non-hydrogen) atoms. The van der Waals surface area contributed by atoms with Crippen molar-refractivity contribution in [2.45, 2.75) is 25.6 Å². The highest BCUT2D eigenvalue weighted by molar-refractivity contribution is 9.10. The first-order valence-corrected chi connectivity index (χ1v) is 6.28. The van der Waals surface area contributed by atoms with Gasteiger partial charge < -0.3 is 9.47 Å². The summed E-state index contributed by atoms with van der Waals surface area (Å²) in [6.45, 7) is 3.14. The van der Waals surface area contributed by atoms with E-state index in [1.165, 1.54) is 6.07 Å². The van der Waals surface area contributed by atoms with E-state index in [9.17, 15) is 8.78 Å². The molecule has 0 radical (unpaired) electrons. The molecule has 1 aromatic rings. The van der Waals surface area contributed by atoms with E-state index in [4.69, 9.17) is 9.47 Å². The summed E-state index contributed by atoms with van der Waals surface area (Å²) in [5, 5.41) is 0. The van der Waals surface area contributed by atoms with Crippen molar-refractivity contribution in [2.24, 2.45) is 0 Å². The second-order valence-electron chi connectivity index (χ2n) is 3.97. The SMILES string of the molecule is CC[C@@H](OCC1CO1)c1cc(F)c(F)cc1Br. The topological polar surface area (TPSA) is 21.8 Å². The molecule has 94 valence electrons. The van der Waals surface area contributed by atoms with Gasteiger partial charge in [-0.25, -0.2) is 8.78 Å². The molecule has 0 spiro atoms. The van der Waals surface area contributed by atoms with Gasteiger partial charge in [-0.15, -0.1) is 0 Å². The maximum Gasteiger partial charge on any atom is 0.159 e. The van der Waals surface area contributed by atoms with E-state index in [0.717, 1.165) is 12.7 Å².